The largest absolute Gasteiger partial charge is 0.492 e. The molecule has 0 spiro atoms. The molecular weight excluding hydrogens is 228 g/mol. The molecule has 3 N–H and O–H groups in total. The second-order valence-corrected chi connectivity index (χ2v) is 5.45. The molecule has 1 saturated carbocycles. The molecular formula is C14H20N2O2. The second kappa shape index (κ2) is 4.88. The molecule has 0 radical (unpaired) electrons. The van der Waals surface area contributed by atoms with Gasteiger partial charge in [0.15, 0.2) is 0 Å². The average Bonchev–Trinajstić information content (AvgIpc) is 2.96. The molecule has 1 aromatic carbocycles. The number of ether oxygens (including phenoxy) is 1. The smallest absolute Gasteiger partial charge is 0.223 e. The lowest BCUT2D eigenvalue weighted by atomic mass is 10.1. The van der Waals surface area contributed by atoms with Gasteiger partial charge in [-0.3, -0.25) is 4.79 Å². The van der Waals surface area contributed by atoms with Gasteiger partial charge < -0.3 is 15.8 Å². The lowest BCUT2D eigenvalue weighted by Gasteiger charge is -2.08. The van der Waals surface area contributed by atoms with Crippen molar-refractivity contribution in [2.45, 2.75) is 20.3 Å². The fourth-order valence-electron chi connectivity index (χ4n) is 1.95. The van der Waals surface area contributed by atoms with Gasteiger partial charge in [0.25, 0.3) is 0 Å². The number of amides is 1. The highest BCUT2D eigenvalue weighted by molar-refractivity contribution is 5.82. The summed E-state index contributed by atoms with van der Waals surface area (Å²) < 4.78 is 5.49. The minimum atomic E-state index is 0.140. The molecule has 1 fully saturated rings. The van der Waals surface area contributed by atoms with Crippen molar-refractivity contribution in [3.63, 3.8) is 0 Å². The van der Waals surface area contributed by atoms with E-state index in [1.54, 1.807) is 12.1 Å². The first-order chi connectivity index (χ1) is 8.49. The molecule has 4 heteroatoms. The van der Waals surface area contributed by atoms with Crippen LogP contribution < -0.4 is 15.8 Å². The van der Waals surface area contributed by atoms with Gasteiger partial charge in [0.05, 0.1) is 6.54 Å². The summed E-state index contributed by atoms with van der Waals surface area (Å²) in [6.45, 7) is 5.24. The van der Waals surface area contributed by atoms with Crippen LogP contribution in [0, 0.1) is 11.3 Å². The summed E-state index contributed by atoms with van der Waals surface area (Å²) in [5, 5.41) is 2.89. The second-order valence-electron chi connectivity index (χ2n) is 5.45. The van der Waals surface area contributed by atoms with Crippen LogP contribution in [0.15, 0.2) is 24.3 Å². The van der Waals surface area contributed by atoms with Crippen LogP contribution in [0.4, 0.5) is 5.69 Å². The number of rotatable bonds is 5. The van der Waals surface area contributed by atoms with Crippen molar-refractivity contribution in [2.75, 3.05) is 18.9 Å². The van der Waals surface area contributed by atoms with E-state index in [1.165, 1.54) is 0 Å². The van der Waals surface area contributed by atoms with Crippen LogP contribution in [0.2, 0.25) is 0 Å². The number of nitrogens with two attached hydrogens (primary N) is 1. The highest BCUT2D eigenvalue weighted by Gasteiger charge is 2.50. The number of carbonyl (C=O) groups is 1. The highest BCUT2D eigenvalue weighted by atomic mass is 16.5. The zero-order valence-electron chi connectivity index (χ0n) is 10.9. The normalized spacial score (nSPS) is 20.2. The van der Waals surface area contributed by atoms with Crippen molar-refractivity contribution < 1.29 is 9.53 Å². The predicted octanol–water partition coefficient (Wildman–Crippen LogP) is 1.81. The quantitative estimate of drug-likeness (QED) is 0.617. The minimum absolute atomic E-state index is 0.140. The van der Waals surface area contributed by atoms with Crippen molar-refractivity contribution in [3.05, 3.63) is 24.3 Å². The van der Waals surface area contributed by atoms with Crippen molar-refractivity contribution in [1.82, 2.24) is 5.32 Å². The molecule has 0 aromatic heterocycles. The van der Waals surface area contributed by atoms with Gasteiger partial charge in [-0.25, -0.2) is 0 Å². The van der Waals surface area contributed by atoms with E-state index in [1.807, 2.05) is 12.1 Å². The Morgan fingerprint density at radius 2 is 2.06 bits per heavy atom. The Labute approximate surface area is 108 Å². The topological polar surface area (TPSA) is 64.3 Å². The number of hydrogen-bond acceptors (Lipinski definition) is 3. The fourth-order valence-corrected chi connectivity index (χ4v) is 1.95. The molecule has 1 unspecified atom stereocenters. The number of nitrogen functional groups attached to an aromatic ring is 1. The molecule has 98 valence electrons. The molecule has 0 saturated heterocycles. The van der Waals surface area contributed by atoms with Crippen LogP contribution in [0.3, 0.4) is 0 Å². The molecule has 18 heavy (non-hydrogen) atoms. The Hall–Kier alpha value is -1.71. The maximum Gasteiger partial charge on any atom is 0.223 e. The van der Waals surface area contributed by atoms with Gasteiger partial charge in [-0.05, 0) is 36.1 Å². The van der Waals surface area contributed by atoms with E-state index in [-0.39, 0.29) is 17.2 Å². The number of carbonyl (C=O) groups excluding carboxylic acids is 1. The van der Waals surface area contributed by atoms with Gasteiger partial charge in [-0.2, -0.15) is 0 Å². The van der Waals surface area contributed by atoms with Crippen LogP contribution in [-0.4, -0.2) is 19.1 Å². The third-order valence-corrected chi connectivity index (χ3v) is 3.38. The lowest BCUT2D eigenvalue weighted by molar-refractivity contribution is -0.123. The molecule has 0 bridgehead atoms. The minimum Gasteiger partial charge on any atom is -0.492 e. The van der Waals surface area contributed by atoms with Gasteiger partial charge in [0.2, 0.25) is 5.91 Å². The third-order valence-electron chi connectivity index (χ3n) is 3.38. The molecule has 1 amide bonds. The lowest BCUT2D eigenvalue weighted by Crippen LogP contribution is -2.30. The molecule has 0 heterocycles. The van der Waals surface area contributed by atoms with Crippen molar-refractivity contribution in [3.8, 4) is 5.75 Å². The van der Waals surface area contributed by atoms with E-state index in [0.29, 0.717) is 18.8 Å². The Balaban J connectivity index is 1.64. The van der Waals surface area contributed by atoms with E-state index < -0.39 is 0 Å². The third kappa shape index (κ3) is 3.15. The van der Waals surface area contributed by atoms with Gasteiger partial charge in [0.1, 0.15) is 12.4 Å². The van der Waals surface area contributed by atoms with Crippen molar-refractivity contribution in [1.29, 1.82) is 0 Å². The van der Waals surface area contributed by atoms with Gasteiger partial charge in [0, 0.05) is 11.6 Å². The van der Waals surface area contributed by atoms with Crippen LogP contribution in [0.1, 0.15) is 20.3 Å². The van der Waals surface area contributed by atoms with Gasteiger partial charge >= 0.3 is 0 Å². The average molecular weight is 248 g/mol. The maximum absolute atomic E-state index is 11.7. The first-order valence-electron chi connectivity index (χ1n) is 6.25. The van der Waals surface area contributed by atoms with E-state index in [4.69, 9.17) is 10.5 Å². The summed E-state index contributed by atoms with van der Waals surface area (Å²) >= 11 is 0. The number of nitrogens with one attached hydrogen (secondary N) is 1. The summed E-state index contributed by atoms with van der Waals surface area (Å²) in [5.74, 6) is 1.08. The zero-order chi connectivity index (χ0) is 13.2. The SMILES string of the molecule is CC1(C)CC1C(=O)NCCOc1ccc(N)cc1. The number of hydrogen-bond donors (Lipinski definition) is 2. The van der Waals surface area contributed by atoms with Crippen LogP contribution in [0.5, 0.6) is 5.75 Å². The summed E-state index contributed by atoms with van der Waals surface area (Å²) in [6, 6.07) is 7.23. The molecule has 1 aliphatic carbocycles. The summed E-state index contributed by atoms with van der Waals surface area (Å²) in [6.07, 6.45) is 0.984. The van der Waals surface area contributed by atoms with Crippen LogP contribution >= 0.6 is 0 Å². The van der Waals surface area contributed by atoms with Gasteiger partial charge in [-0.1, -0.05) is 13.8 Å². The zero-order valence-corrected chi connectivity index (χ0v) is 10.9. The van der Waals surface area contributed by atoms with E-state index in [9.17, 15) is 4.79 Å². The molecule has 4 nitrogen and oxygen atoms in total. The maximum atomic E-state index is 11.7. The predicted molar refractivity (Wildman–Crippen MR) is 71.2 cm³/mol. The first-order valence-corrected chi connectivity index (χ1v) is 6.25. The van der Waals surface area contributed by atoms with Crippen molar-refractivity contribution >= 4 is 11.6 Å². The Morgan fingerprint density at radius 1 is 1.44 bits per heavy atom. The van der Waals surface area contributed by atoms with Crippen molar-refractivity contribution in [2.24, 2.45) is 11.3 Å². The van der Waals surface area contributed by atoms with E-state index in [2.05, 4.69) is 19.2 Å². The molecule has 2 rings (SSSR count). The number of anilines is 1. The van der Waals surface area contributed by atoms with Gasteiger partial charge in [-0.15, -0.1) is 0 Å². The molecule has 1 aromatic rings. The standard InChI is InChI=1S/C14H20N2O2/c1-14(2)9-12(14)13(17)16-7-8-18-11-5-3-10(15)4-6-11/h3-6,12H,7-9,15H2,1-2H3,(H,16,17). The Morgan fingerprint density at radius 3 is 2.61 bits per heavy atom. The van der Waals surface area contributed by atoms with Crippen LogP contribution in [0.25, 0.3) is 0 Å². The monoisotopic (exact) mass is 248 g/mol. The highest BCUT2D eigenvalue weighted by Crippen LogP contribution is 2.51. The first kappa shape index (κ1) is 12.7. The summed E-state index contributed by atoms with van der Waals surface area (Å²) in [4.78, 5) is 11.7. The fraction of sp³-hybridized carbons (Fsp3) is 0.500. The summed E-state index contributed by atoms with van der Waals surface area (Å²) in [5.41, 5.74) is 6.47. The molecule has 0 aliphatic heterocycles. The molecule has 1 atom stereocenters. The Bertz CT molecular complexity index is 426. The molecule has 1 aliphatic rings. The van der Waals surface area contributed by atoms with E-state index >= 15 is 0 Å². The number of benzene rings is 1. The van der Waals surface area contributed by atoms with Crippen LogP contribution in [-0.2, 0) is 4.79 Å². The Kier molecular flexibility index (Phi) is 3.45. The van der Waals surface area contributed by atoms with E-state index in [0.717, 1.165) is 12.2 Å². The summed E-state index contributed by atoms with van der Waals surface area (Å²) in [7, 11) is 0.